The van der Waals surface area contributed by atoms with Crippen molar-refractivity contribution in [2.24, 2.45) is 0 Å². The van der Waals surface area contributed by atoms with E-state index in [0.717, 1.165) is 11.3 Å². The topological polar surface area (TPSA) is 67.1 Å². The standard InChI is InChI=1S/C17H22N2O3S/c1-5-21-15-9-12(6-7-14(15)22-10(2)3)8-13-11(4)18-17(23)19-16(13)20/h6-7,9-10H,5,8H2,1-4H3,(H2,18,19,20,23). The zero-order chi connectivity index (χ0) is 17.0. The van der Waals surface area contributed by atoms with E-state index in [1.165, 1.54) is 0 Å². The number of aromatic nitrogens is 2. The van der Waals surface area contributed by atoms with Crippen molar-refractivity contribution in [2.75, 3.05) is 6.61 Å². The highest BCUT2D eigenvalue weighted by atomic mass is 32.1. The molecule has 0 unspecified atom stereocenters. The molecule has 0 aliphatic rings. The van der Waals surface area contributed by atoms with Gasteiger partial charge in [0, 0.05) is 17.7 Å². The first kappa shape index (κ1) is 17.3. The van der Waals surface area contributed by atoms with Crippen LogP contribution in [-0.2, 0) is 6.42 Å². The largest absolute Gasteiger partial charge is 0.490 e. The van der Waals surface area contributed by atoms with E-state index in [4.69, 9.17) is 21.7 Å². The van der Waals surface area contributed by atoms with Gasteiger partial charge in [0.05, 0.1) is 12.7 Å². The van der Waals surface area contributed by atoms with Gasteiger partial charge in [-0.25, -0.2) is 0 Å². The van der Waals surface area contributed by atoms with Crippen LogP contribution in [0, 0.1) is 11.7 Å². The molecule has 5 nitrogen and oxygen atoms in total. The maximum atomic E-state index is 12.1. The molecule has 0 atom stereocenters. The van der Waals surface area contributed by atoms with Crippen molar-refractivity contribution in [1.82, 2.24) is 9.97 Å². The normalized spacial score (nSPS) is 10.8. The number of hydrogen-bond acceptors (Lipinski definition) is 4. The highest BCUT2D eigenvalue weighted by molar-refractivity contribution is 7.71. The number of H-pyrrole nitrogens is 2. The lowest BCUT2D eigenvalue weighted by Gasteiger charge is -2.15. The predicted octanol–water partition coefficient (Wildman–Crippen LogP) is 3.52. The third-order valence-electron chi connectivity index (χ3n) is 3.31. The van der Waals surface area contributed by atoms with E-state index in [1.807, 2.05) is 45.9 Å². The van der Waals surface area contributed by atoms with Crippen molar-refractivity contribution in [1.29, 1.82) is 0 Å². The van der Waals surface area contributed by atoms with Crippen molar-refractivity contribution in [2.45, 2.75) is 40.2 Å². The maximum absolute atomic E-state index is 12.1. The van der Waals surface area contributed by atoms with E-state index >= 15 is 0 Å². The van der Waals surface area contributed by atoms with Crippen molar-refractivity contribution in [3.8, 4) is 11.5 Å². The molecule has 0 saturated heterocycles. The fraction of sp³-hybridized carbons (Fsp3) is 0.412. The summed E-state index contributed by atoms with van der Waals surface area (Å²) in [5.74, 6) is 1.40. The van der Waals surface area contributed by atoms with Crippen LogP contribution in [0.4, 0.5) is 0 Å². The minimum absolute atomic E-state index is 0.0688. The molecule has 23 heavy (non-hydrogen) atoms. The summed E-state index contributed by atoms with van der Waals surface area (Å²) in [6.45, 7) is 8.27. The second-order valence-corrected chi connectivity index (χ2v) is 5.98. The number of nitrogens with one attached hydrogen (secondary N) is 2. The van der Waals surface area contributed by atoms with E-state index in [9.17, 15) is 4.79 Å². The monoisotopic (exact) mass is 334 g/mol. The van der Waals surface area contributed by atoms with E-state index < -0.39 is 0 Å². The van der Waals surface area contributed by atoms with E-state index in [-0.39, 0.29) is 11.7 Å². The Morgan fingerprint density at radius 2 is 1.96 bits per heavy atom. The molecule has 124 valence electrons. The van der Waals surface area contributed by atoms with Crippen LogP contribution in [0.15, 0.2) is 23.0 Å². The Labute approximate surface area is 140 Å². The first-order chi connectivity index (χ1) is 10.9. The molecule has 0 aliphatic carbocycles. The second-order valence-electron chi connectivity index (χ2n) is 5.57. The quantitative estimate of drug-likeness (QED) is 0.793. The van der Waals surface area contributed by atoms with Crippen molar-refractivity contribution >= 4 is 12.2 Å². The van der Waals surface area contributed by atoms with Gasteiger partial charge in [-0.1, -0.05) is 6.07 Å². The lowest BCUT2D eigenvalue weighted by atomic mass is 10.0. The van der Waals surface area contributed by atoms with Crippen LogP contribution in [-0.4, -0.2) is 22.7 Å². The molecule has 0 amide bonds. The zero-order valence-electron chi connectivity index (χ0n) is 13.9. The summed E-state index contributed by atoms with van der Waals surface area (Å²) in [5.41, 5.74) is 2.26. The Kier molecular flexibility index (Phi) is 5.60. The fourth-order valence-electron chi connectivity index (χ4n) is 2.32. The van der Waals surface area contributed by atoms with Crippen LogP contribution in [0.3, 0.4) is 0 Å². The Morgan fingerprint density at radius 3 is 2.57 bits per heavy atom. The number of ether oxygens (including phenoxy) is 2. The van der Waals surface area contributed by atoms with Gasteiger partial charge in [-0.3, -0.25) is 9.78 Å². The van der Waals surface area contributed by atoms with Gasteiger partial charge in [-0.2, -0.15) is 0 Å². The van der Waals surface area contributed by atoms with Gasteiger partial charge in [0.2, 0.25) is 0 Å². The molecule has 0 bridgehead atoms. The molecule has 1 heterocycles. The molecular formula is C17H22N2O3S. The molecule has 0 radical (unpaired) electrons. The summed E-state index contributed by atoms with van der Waals surface area (Å²) >= 11 is 4.98. The smallest absolute Gasteiger partial charge is 0.255 e. The van der Waals surface area contributed by atoms with Gasteiger partial charge in [-0.05, 0) is 57.6 Å². The van der Waals surface area contributed by atoms with E-state index in [1.54, 1.807) is 0 Å². The molecule has 2 aromatic rings. The zero-order valence-corrected chi connectivity index (χ0v) is 14.7. The Balaban J connectivity index is 2.36. The maximum Gasteiger partial charge on any atom is 0.255 e. The van der Waals surface area contributed by atoms with Crippen molar-refractivity contribution in [3.63, 3.8) is 0 Å². The predicted molar refractivity (Wildman–Crippen MR) is 93.2 cm³/mol. The SMILES string of the molecule is CCOc1cc(Cc2c(C)[nH]c(=S)[nH]c2=O)ccc1OC(C)C. The number of benzene rings is 1. The van der Waals surface area contributed by atoms with Gasteiger partial charge in [0.15, 0.2) is 16.3 Å². The summed E-state index contributed by atoms with van der Waals surface area (Å²) in [6, 6.07) is 5.75. The fourth-order valence-corrected chi connectivity index (χ4v) is 2.57. The average molecular weight is 334 g/mol. The third kappa shape index (κ3) is 4.45. The Hall–Kier alpha value is -2.08. The second kappa shape index (κ2) is 7.46. The number of hydrogen-bond donors (Lipinski definition) is 2. The van der Waals surface area contributed by atoms with Crippen LogP contribution in [0.1, 0.15) is 37.6 Å². The molecule has 1 aromatic heterocycles. The number of aromatic amines is 2. The van der Waals surface area contributed by atoms with Crippen LogP contribution in [0.5, 0.6) is 11.5 Å². The molecule has 6 heteroatoms. The van der Waals surface area contributed by atoms with Crippen LogP contribution < -0.4 is 15.0 Å². The molecule has 0 saturated carbocycles. The summed E-state index contributed by atoms with van der Waals surface area (Å²) in [4.78, 5) is 17.7. The minimum atomic E-state index is -0.160. The van der Waals surface area contributed by atoms with E-state index in [0.29, 0.717) is 34.9 Å². The molecule has 0 spiro atoms. The summed E-state index contributed by atoms with van der Waals surface area (Å²) in [5, 5.41) is 0. The summed E-state index contributed by atoms with van der Waals surface area (Å²) in [7, 11) is 0. The van der Waals surface area contributed by atoms with Gasteiger partial charge in [0.1, 0.15) is 0 Å². The molecule has 0 aliphatic heterocycles. The molecule has 0 fully saturated rings. The van der Waals surface area contributed by atoms with E-state index in [2.05, 4.69) is 9.97 Å². The van der Waals surface area contributed by atoms with Gasteiger partial charge >= 0.3 is 0 Å². The molecule has 1 aromatic carbocycles. The highest BCUT2D eigenvalue weighted by Crippen LogP contribution is 2.30. The molecule has 2 N–H and O–H groups in total. The molecule has 2 rings (SSSR count). The van der Waals surface area contributed by atoms with Gasteiger partial charge in [0.25, 0.3) is 5.56 Å². The summed E-state index contributed by atoms with van der Waals surface area (Å²) in [6.07, 6.45) is 0.564. The van der Waals surface area contributed by atoms with Crippen molar-refractivity contribution < 1.29 is 9.47 Å². The highest BCUT2D eigenvalue weighted by Gasteiger charge is 2.11. The third-order valence-corrected chi connectivity index (χ3v) is 3.51. The Morgan fingerprint density at radius 1 is 1.22 bits per heavy atom. The first-order valence-corrected chi connectivity index (χ1v) is 8.06. The van der Waals surface area contributed by atoms with Crippen LogP contribution in [0.25, 0.3) is 0 Å². The Bertz CT molecular complexity index is 793. The van der Waals surface area contributed by atoms with Crippen LogP contribution in [0.2, 0.25) is 0 Å². The van der Waals surface area contributed by atoms with Gasteiger partial charge < -0.3 is 14.5 Å². The minimum Gasteiger partial charge on any atom is -0.490 e. The number of aryl methyl sites for hydroxylation is 1. The molecular weight excluding hydrogens is 312 g/mol. The summed E-state index contributed by atoms with van der Waals surface area (Å²) < 4.78 is 11.8. The van der Waals surface area contributed by atoms with Gasteiger partial charge in [-0.15, -0.1) is 0 Å². The van der Waals surface area contributed by atoms with Crippen molar-refractivity contribution in [3.05, 3.63) is 50.1 Å². The van der Waals surface area contributed by atoms with Crippen LogP contribution >= 0.6 is 12.2 Å². The lowest BCUT2D eigenvalue weighted by Crippen LogP contribution is -2.16. The lowest BCUT2D eigenvalue weighted by molar-refractivity contribution is 0.223. The number of rotatable bonds is 6. The average Bonchev–Trinajstić information content (AvgIpc) is 2.45. The first-order valence-electron chi connectivity index (χ1n) is 7.65.